The molecule has 0 aliphatic carbocycles. The monoisotopic (exact) mass is 289 g/mol. The summed E-state index contributed by atoms with van der Waals surface area (Å²) in [6.45, 7) is 3.76. The molecule has 1 N–H and O–H groups in total. The summed E-state index contributed by atoms with van der Waals surface area (Å²) >= 11 is 5.70. The summed E-state index contributed by atoms with van der Waals surface area (Å²) in [7, 11) is -3.66. The van der Waals surface area contributed by atoms with Crippen molar-refractivity contribution in [2.75, 3.05) is 6.54 Å². The van der Waals surface area contributed by atoms with Crippen molar-refractivity contribution < 1.29 is 13.2 Å². The lowest BCUT2D eigenvalue weighted by Crippen LogP contribution is -2.38. The molecule has 6 heteroatoms. The van der Waals surface area contributed by atoms with Crippen LogP contribution in [0.25, 0.3) is 0 Å². The maximum absolute atomic E-state index is 12.1. The van der Waals surface area contributed by atoms with E-state index in [4.69, 9.17) is 11.6 Å². The van der Waals surface area contributed by atoms with Gasteiger partial charge in [-0.25, -0.2) is 8.42 Å². The Kier molecular flexibility index (Phi) is 5.16. The zero-order valence-corrected chi connectivity index (χ0v) is 11.9. The van der Waals surface area contributed by atoms with Crippen LogP contribution in [0.15, 0.2) is 29.2 Å². The first kappa shape index (κ1) is 15.0. The fourth-order valence-electron chi connectivity index (χ4n) is 1.36. The van der Waals surface area contributed by atoms with E-state index >= 15 is 0 Å². The average Bonchev–Trinajstić information content (AvgIpc) is 2.35. The molecule has 0 bridgehead atoms. The third-order valence-electron chi connectivity index (χ3n) is 2.53. The Labute approximate surface area is 112 Å². The molecule has 0 saturated carbocycles. The van der Waals surface area contributed by atoms with Gasteiger partial charge in [0.15, 0.2) is 9.84 Å². The topological polar surface area (TPSA) is 63.2 Å². The predicted molar refractivity (Wildman–Crippen MR) is 71.4 cm³/mol. The smallest absolute Gasteiger partial charge is 0.238 e. The summed E-state index contributed by atoms with van der Waals surface area (Å²) in [6, 6.07) is 5.79. The van der Waals surface area contributed by atoms with Crippen molar-refractivity contribution in [3.8, 4) is 0 Å². The van der Waals surface area contributed by atoms with E-state index in [-0.39, 0.29) is 4.90 Å². The van der Waals surface area contributed by atoms with Crippen LogP contribution < -0.4 is 5.32 Å². The van der Waals surface area contributed by atoms with Crippen LogP contribution >= 0.6 is 11.6 Å². The number of amides is 1. The van der Waals surface area contributed by atoms with E-state index in [2.05, 4.69) is 5.32 Å². The number of carbonyl (C=O) groups is 1. The Morgan fingerprint density at radius 3 is 2.39 bits per heavy atom. The van der Waals surface area contributed by atoms with Crippen molar-refractivity contribution in [2.45, 2.75) is 30.4 Å². The molecule has 0 aliphatic rings. The largest absolute Gasteiger partial charge is 0.355 e. The molecule has 1 aromatic carbocycles. The van der Waals surface area contributed by atoms with Gasteiger partial charge in [0.1, 0.15) is 5.25 Å². The molecule has 100 valence electrons. The standard InChI is InChI=1S/C12H16ClNO3S/c1-3-8-14-12(15)9(2)18(16,17)11-6-4-10(13)5-7-11/h4-7,9H,3,8H2,1-2H3,(H,14,15). The maximum Gasteiger partial charge on any atom is 0.238 e. The van der Waals surface area contributed by atoms with Crippen LogP contribution in [0, 0.1) is 0 Å². The first-order valence-corrected chi connectivity index (χ1v) is 7.59. The van der Waals surface area contributed by atoms with Crippen molar-refractivity contribution in [1.29, 1.82) is 0 Å². The van der Waals surface area contributed by atoms with Crippen molar-refractivity contribution >= 4 is 27.3 Å². The third kappa shape index (κ3) is 3.46. The van der Waals surface area contributed by atoms with E-state index in [0.717, 1.165) is 6.42 Å². The van der Waals surface area contributed by atoms with Gasteiger partial charge in [-0.2, -0.15) is 0 Å². The van der Waals surface area contributed by atoms with Crippen molar-refractivity contribution in [3.63, 3.8) is 0 Å². The van der Waals surface area contributed by atoms with E-state index in [0.29, 0.717) is 11.6 Å². The molecule has 1 unspecified atom stereocenters. The molecule has 4 nitrogen and oxygen atoms in total. The lowest BCUT2D eigenvalue weighted by Gasteiger charge is -2.13. The molecule has 18 heavy (non-hydrogen) atoms. The molecule has 0 radical (unpaired) electrons. The van der Waals surface area contributed by atoms with Gasteiger partial charge in [0, 0.05) is 11.6 Å². The molecular formula is C12H16ClNO3S. The van der Waals surface area contributed by atoms with E-state index in [1.807, 2.05) is 6.92 Å². The van der Waals surface area contributed by atoms with Crippen LogP contribution in [-0.2, 0) is 14.6 Å². The number of hydrogen-bond donors (Lipinski definition) is 1. The fourth-order valence-corrected chi connectivity index (χ4v) is 2.78. The van der Waals surface area contributed by atoms with Gasteiger partial charge in [-0.3, -0.25) is 4.79 Å². The molecule has 0 aromatic heterocycles. The van der Waals surface area contributed by atoms with Gasteiger partial charge in [0.2, 0.25) is 5.91 Å². The molecular weight excluding hydrogens is 274 g/mol. The predicted octanol–water partition coefficient (Wildman–Crippen LogP) is 2.03. The van der Waals surface area contributed by atoms with Gasteiger partial charge in [-0.05, 0) is 37.6 Å². The first-order valence-electron chi connectivity index (χ1n) is 5.66. The molecule has 0 fully saturated rings. The fraction of sp³-hybridized carbons (Fsp3) is 0.417. The summed E-state index contributed by atoms with van der Waals surface area (Å²) in [5.74, 6) is -0.480. The van der Waals surface area contributed by atoms with E-state index in [9.17, 15) is 13.2 Å². The number of carbonyl (C=O) groups excluding carboxylic acids is 1. The van der Waals surface area contributed by atoms with Crippen molar-refractivity contribution in [1.82, 2.24) is 5.32 Å². The van der Waals surface area contributed by atoms with Gasteiger partial charge in [0.05, 0.1) is 4.90 Å². The Morgan fingerprint density at radius 1 is 1.33 bits per heavy atom. The Bertz CT molecular complexity index is 511. The van der Waals surface area contributed by atoms with Crippen molar-refractivity contribution in [2.24, 2.45) is 0 Å². The molecule has 0 saturated heterocycles. The Morgan fingerprint density at radius 2 is 1.89 bits per heavy atom. The second kappa shape index (κ2) is 6.20. The SMILES string of the molecule is CCCNC(=O)C(C)S(=O)(=O)c1ccc(Cl)cc1. The van der Waals surface area contributed by atoms with Gasteiger partial charge in [-0.15, -0.1) is 0 Å². The summed E-state index contributed by atoms with van der Waals surface area (Å²) in [5.41, 5.74) is 0. The zero-order valence-electron chi connectivity index (χ0n) is 10.3. The summed E-state index contributed by atoms with van der Waals surface area (Å²) < 4.78 is 24.3. The Balaban J connectivity index is 2.92. The van der Waals surface area contributed by atoms with E-state index in [1.165, 1.54) is 31.2 Å². The highest BCUT2D eigenvalue weighted by atomic mass is 35.5. The summed E-state index contributed by atoms with van der Waals surface area (Å²) in [6.07, 6.45) is 0.763. The van der Waals surface area contributed by atoms with Crippen LogP contribution in [0.4, 0.5) is 0 Å². The van der Waals surface area contributed by atoms with Gasteiger partial charge in [0.25, 0.3) is 0 Å². The van der Waals surface area contributed by atoms with Crippen LogP contribution in [0.5, 0.6) is 0 Å². The summed E-state index contributed by atoms with van der Waals surface area (Å²) in [4.78, 5) is 11.8. The minimum atomic E-state index is -3.66. The zero-order chi connectivity index (χ0) is 13.8. The van der Waals surface area contributed by atoms with Crippen LogP contribution in [0.2, 0.25) is 5.02 Å². The number of nitrogens with one attached hydrogen (secondary N) is 1. The lowest BCUT2D eigenvalue weighted by molar-refractivity contribution is -0.120. The second-order valence-electron chi connectivity index (χ2n) is 3.93. The van der Waals surface area contributed by atoms with E-state index < -0.39 is 21.0 Å². The number of rotatable bonds is 5. The maximum atomic E-state index is 12.1. The highest BCUT2D eigenvalue weighted by Crippen LogP contribution is 2.18. The van der Waals surface area contributed by atoms with Gasteiger partial charge < -0.3 is 5.32 Å². The molecule has 0 heterocycles. The number of sulfone groups is 1. The molecule has 0 spiro atoms. The molecule has 1 amide bonds. The van der Waals surface area contributed by atoms with Crippen LogP contribution in [-0.4, -0.2) is 26.1 Å². The highest BCUT2D eigenvalue weighted by Gasteiger charge is 2.29. The third-order valence-corrected chi connectivity index (χ3v) is 4.85. The highest BCUT2D eigenvalue weighted by molar-refractivity contribution is 7.92. The second-order valence-corrected chi connectivity index (χ2v) is 6.64. The van der Waals surface area contributed by atoms with Crippen LogP contribution in [0.3, 0.4) is 0 Å². The first-order chi connectivity index (χ1) is 8.39. The van der Waals surface area contributed by atoms with Gasteiger partial charge >= 0.3 is 0 Å². The average molecular weight is 290 g/mol. The summed E-state index contributed by atoms with van der Waals surface area (Å²) in [5, 5.41) is 1.92. The van der Waals surface area contributed by atoms with Gasteiger partial charge in [-0.1, -0.05) is 18.5 Å². The van der Waals surface area contributed by atoms with Crippen molar-refractivity contribution in [3.05, 3.63) is 29.3 Å². The normalized spacial score (nSPS) is 13.1. The minimum absolute atomic E-state index is 0.103. The van der Waals surface area contributed by atoms with E-state index in [1.54, 1.807) is 0 Å². The molecule has 1 rings (SSSR count). The minimum Gasteiger partial charge on any atom is -0.355 e. The van der Waals surface area contributed by atoms with Crippen LogP contribution in [0.1, 0.15) is 20.3 Å². The quantitative estimate of drug-likeness (QED) is 0.902. The molecule has 1 aromatic rings. The number of benzene rings is 1. The molecule has 1 atom stereocenters. The lowest BCUT2D eigenvalue weighted by atomic mass is 10.4. The number of halogens is 1. The Hall–Kier alpha value is -1.07. The molecule has 0 aliphatic heterocycles. The number of hydrogen-bond acceptors (Lipinski definition) is 3.